The van der Waals surface area contributed by atoms with Gasteiger partial charge in [0.1, 0.15) is 11.0 Å². The number of nitrogens with one attached hydrogen (secondary N) is 1. The molecule has 0 saturated heterocycles. The van der Waals surface area contributed by atoms with E-state index in [1.165, 1.54) is 0 Å². The van der Waals surface area contributed by atoms with Crippen molar-refractivity contribution in [3.8, 4) is 11.3 Å². The van der Waals surface area contributed by atoms with Gasteiger partial charge in [-0.3, -0.25) is 4.98 Å². The molecule has 128 valence electrons. The number of nitrogen functional groups attached to an aromatic ring is 1. The summed E-state index contributed by atoms with van der Waals surface area (Å²) in [5.41, 5.74) is 7.14. The Bertz CT molecular complexity index is 712. The second-order valence-electron chi connectivity index (χ2n) is 6.46. The first-order chi connectivity index (χ1) is 11.5. The van der Waals surface area contributed by atoms with Crippen molar-refractivity contribution in [2.24, 2.45) is 17.8 Å². The highest BCUT2D eigenvalue weighted by Crippen LogP contribution is 2.40. The molecule has 0 aliphatic heterocycles. The third-order valence-electron chi connectivity index (χ3n) is 5.12. The summed E-state index contributed by atoms with van der Waals surface area (Å²) in [7, 11) is 0. The number of nitrogens with two attached hydrogens (primary N) is 1. The summed E-state index contributed by atoms with van der Waals surface area (Å²) in [5, 5.41) is 13.3. The summed E-state index contributed by atoms with van der Waals surface area (Å²) in [6.45, 7) is 4.56. The van der Waals surface area contributed by atoms with Crippen molar-refractivity contribution in [3.05, 3.63) is 29.5 Å². The highest BCUT2D eigenvalue weighted by molar-refractivity contribution is 6.32. The van der Waals surface area contributed by atoms with Gasteiger partial charge >= 0.3 is 0 Å². The van der Waals surface area contributed by atoms with E-state index in [-0.39, 0.29) is 29.7 Å². The van der Waals surface area contributed by atoms with Gasteiger partial charge in [-0.25, -0.2) is 4.98 Å². The van der Waals surface area contributed by atoms with Gasteiger partial charge in [0.2, 0.25) is 5.95 Å². The summed E-state index contributed by atoms with van der Waals surface area (Å²) in [5.74, 6) is 1.83. The molecule has 2 aromatic rings. The first-order valence-corrected chi connectivity index (χ1v) is 8.50. The summed E-state index contributed by atoms with van der Waals surface area (Å²) in [6, 6.07) is 5.78. The van der Waals surface area contributed by atoms with E-state index < -0.39 is 0 Å². The minimum Gasteiger partial charge on any atom is -0.396 e. The zero-order valence-corrected chi connectivity index (χ0v) is 14.5. The Morgan fingerprint density at radius 3 is 2.71 bits per heavy atom. The summed E-state index contributed by atoms with van der Waals surface area (Å²) in [6.07, 6.45) is 2.58. The standard InChI is InChI=1S/C17H22ClN5O/c1-9-10(2)13(7-11(9)8-24)21-16-14(12-5-3-4-6-20-12)15(18)22-17(19)23-16/h3-6,9-11,13,24H,7-8H2,1-2H3,(H3,19,21,22,23)/t9-,10+,11+,13+/m0/s1. The Hall–Kier alpha value is -1.92. The number of nitrogens with zero attached hydrogens (tertiary/aromatic N) is 3. The highest BCUT2D eigenvalue weighted by atomic mass is 35.5. The lowest BCUT2D eigenvalue weighted by atomic mass is 9.92. The normalized spacial score (nSPS) is 26.5. The molecule has 1 aliphatic rings. The molecule has 1 saturated carbocycles. The minimum atomic E-state index is 0.125. The predicted octanol–water partition coefficient (Wildman–Crippen LogP) is 2.84. The van der Waals surface area contributed by atoms with E-state index >= 15 is 0 Å². The van der Waals surface area contributed by atoms with E-state index in [9.17, 15) is 5.11 Å². The molecule has 0 amide bonds. The van der Waals surface area contributed by atoms with Crippen molar-refractivity contribution in [1.29, 1.82) is 0 Å². The number of halogens is 1. The van der Waals surface area contributed by atoms with E-state index in [0.717, 1.165) is 6.42 Å². The van der Waals surface area contributed by atoms with Crippen LogP contribution in [0.2, 0.25) is 5.15 Å². The van der Waals surface area contributed by atoms with Crippen LogP contribution in [0.1, 0.15) is 20.3 Å². The van der Waals surface area contributed by atoms with Crippen LogP contribution < -0.4 is 11.1 Å². The largest absolute Gasteiger partial charge is 0.396 e. The minimum absolute atomic E-state index is 0.125. The van der Waals surface area contributed by atoms with E-state index in [4.69, 9.17) is 17.3 Å². The maximum absolute atomic E-state index is 9.55. The van der Waals surface area contributed by atoms with Crippen molar-refractivity contribution >= 4 is 23.4 Å². The van der Waals surface area contributed by atoms with Gasteiger partial charge in [0.15, 0.2) is 0 Å². The highest BCUT2D eigenvalue weighted by Gasteiger charge is 2.38. The van der Waals surface area contributed by atoms with E-state index in [1.807, 2.05) is 18.2 Å². The topological polar surface area (TPSA) is 97.0 Å². The molecule has 6 nitrogen and oxygen atoms in total. The van der Waals surface area contributed by atoms with Crippen LogP contribution in [0.15, 0.2) is 24.4 Å². The molecule has 0 bridgehead atoms. The number of pyridine rings is 1. The molecule has 0 unspecified atom stereocenters. The molecule has 0 radical (unpaired) electrons. The number of hydrogen-bond acceptors (Lipinski definition) is 6. The van der Waals surface area contributed by atoms with Crippen molar-refractivity contribution in [2.45, 2.75) is 26.3 Å². The number of anilines is 2. The van der Waals surface area contributed by atoms with E-state index in [0.29, 0.717) is 28.9 Å². The second-order valence-corrected chi connectivity index (χ2v) is 6.82. The maximum Gasteiger partial charge on any atom is 0.223 e. The van der Waals surface area contributed by atoms with Crippen molar-refractivity contribution in [3.63, 3.8) is 0 Å². The molecule has 0 aromatic carbocycles. The van der Waals surface area contributed by atoms with Gasteiger partial charge in [0.25, 0.3) is 0 Å². The van der Waals surface area contributed by atoms with Crippen LogP contribution in [0.25, 0.3) is 11.3 Å². The molecule has 1 fully saturated rings. The van der Waals surface area contributed by atoms with Crippen LogP contribution in [-0.2, 0) is 0 Å². The first-order valence-electron chi connectivity index (χ1n) is 8.13. The average Bonchev–Trinajstić information content (AvgIpc) is 2.83. The number of aliphatic hydroxyl groups is 1. The molecule has 4 atom stereocenters. The molecule has 2 aromatic heterocycles. The fourth-order valence-electron chi connectivity index (χ4n) is 3.45. The molecule has 7 heteroatoms. The predicted molar refractivity (Wildman–Crippen MR) is 95.6 cm³/mol. The smallest absolute Gasteiger partial charge is 0.223 e. The van der Waals surface area contributed by atoms with Gasteiger partial charge < -0.3 is 16.2 Å². The fraction of sp³-hybridized carbons (Fsp3) is 0.471. The van der Waals surface area contributed by atoms with Crippen LogP contribution in [0.5, 0.6) is 0 Å². The lowest BCUT2D eigenvalue weighted by Gasteiger charge is -2.22. The fourth-order valence-corrected chi connectivity index (χ4v) is 3.72. The molecule has 1 aliphatic carbocycles. The molecular weight excluding hydrogens is 326 g/mol. The molecule has 4 N–H and O–H groups in total. The lowest BCUT2D eigenvalue weighted by molar-refractivity contribution is 0.191. The summed E-state index contributed by atoms with van der Waals surface area (Å²) in [4.78, 5) is 12.8. The molecular formula is C17H22ClN5O. The van der Waals surface area contributed by atoms with Crippen LogP contribution in [-0.4, -0.2) is 32.7 Å². The molecule has 3 rings (SSSR count). The molecule has 2 heterocycles. The number of aromatic nitrogens is 3. The van der Waals surface area contributed by atoms with Crippen LogP contribution >= 0.6 is 11.6 Å². The monoisotopic (exact) mass is 347 g/mol. The number of rotatable bonds is 4. The number of hydrogen-bond donors (Lipinski definition) is 3. The summed E-state index contributed by atoms with van der Waals surface area (Å²) >= 11 is 6.32. The molecule has 0 spiro atoms. The van der Waals surface area contributed by atoms with Gasteiger partial charge in [-0.05, 0) is 36.3 Å². The van der Waals surface area contributed by atoms with Crippen molar-refractivity contribution in [1.82, 2.24) is 15.0 Å². The van der Waals surface area contributed by atoms with Crippen LogP contribution in [0.4, 0.5) is 11.8 Å². The van der Waals surface area contributed by atoms with Gasteiger partial charge in [0, 0.05) is 18.8 Å². The van der Waals surface area contributed by atoms with Gasteiger partial charge in [0.05, 0.1) is 11.3 Å². The number of aliphatic hydroxyl groups excluding tert-OH is 1. The lowest BCUT2D eigenvalue weighted by Crippen LogP contribution is -2.25. The van der Waals surface area contributed by atoms with Gasteiger partial charge in [-0.1, -0.05) is 31.5 Å². The average molecular weight is 348 g/mol. The zero-order chi connectivity index (χ0) is 17.3. The van der Waals surface area contributed by atoms with E-state index in [2.05, 4.69) is 34.1 Å². The Labute approximate surface area is 146 Å². The first kappa shape index (κ1) is 16.9. The van der Waals surface area contributed by atoms with Crippen molar-refractivity contribution < 1.29 is 5.11 Å². The Morgan fingerprint density at radius 2 is 2.08 bits per heavy atom. The van der Waals surface area contributed by atoms with Crippen LogP contribution in [0.3, 0.4) is 0 Å². The third kappa shape index (κ3) is 3.16. The quantitative estimate of drug-likeness (QED) is 0.736. The molecule has 24 heavy (non-hydrogen) atoms. The van der Waals surface area contributed by atoms with E-state index in [1.54, 1.807) is 6.20 Å². The SMILES string of the molecule is C[C@@H]1[C@@H](CO)C[C@@H](Nc2nc(N)nc(Cl)c2-c2ccccn2)[C@@H]1C. The van der Waals surface area contributed by atoms with Crippen LogP contribution in [0, 0.1) is 17.8 Å². The van der Waals surface area contributed by atoms with Gasteiger partial charge in [-0.15, -0.1) is 0 Å². The zero-order valence-electron chi connectivity index (χ0n) is 13.8. The summed E-state index contributed by atoms with van der Waals surface area (Å²) < 4.78 is 0. The Kier molecular flexibility index (Phi) is 4.87. The van der Waals surface area contributed by atoms with Gasteiger partial charge in [-0.2, -0.15) is 4.98 Å². The Balaban J connectivity index is 1.96. The van der Waals surface area contributed by atoms with Crippen molar-refractivity contribution in [2.75, 3.05) is 17.7 Å². The second kappa shape index (κ2) is 6.91. The third-order valence-corrected chi connectivity index (χ3v) is 5.40. The Morgan fingerprint density at radius 1 is 1.29 bits per heavy atom. The maximum atomic E-state index is 9.55.